The van der Waals surface area contributed by atoms with E-state index in [4.69, 9.17) is 16.7 Å². The second-order valence-corrected chi connectivity index (χ2v) is 6.67. The lowest BCUT2D eigenvalue weighted by Crippen LogP contribution is -2.51. The summed E-state index contributed by atoms with van der Waals surface area (Å²) >= 11 is 6.08. The molecule has 3 rings (SSSR count). The molecule has 1 saturated carbocycles. The Morgan fingerprint density at radius 1 is 1.04 bits per heavy atom. The predicted octanol–water partition coefficient (Wildman–Crippen LogP) is 1.27. The van der Waals surface area contributed by atoms with Gasteiger partial charge in [0.1, 0.15) is 0 Å². The summed E-state index contributed by atoms with van der Waals surface area (Å²) in [5, 5.41) is 9.49. The smallest absolute Gasteiger partial charge is 0.307 e. The van der Waals surface area contributed by atoms with Crippen LogP contribution in [-0.4, -0.2) is 58.9 Å². The molecule has 1 aromatic carbocycles. The van der Waals surface area contributed by atoms with Crippen molar-refractivity contribution >= 4 is 29.4 Å². The molecule has 1 N–H and O–H groups in total. The second-order valence-electron chi connectivity index (χ2n) is 6.26. The van der Waals surface area contributed by atoms with Gasteiger partial charge in [-0.25, -0.2) is 0 Å². The molecule has 24 heavy (non-hydrogen) atoms. The molecule has 0 bridgehead atoms. The summed E-state index contributed by atoms with van der Waals surface area (Å²) in [5.41, 5.74) is 0.796. The molecule has 2 aliphatic rings. The Hall–Kier alpha value is -2.08. The molecule has 2 unspecified atom stereocenters. The quantitative estimate of drug-likeness (QED) is 0.887. The fourth-order valence-electron chi connectivity index (χ4n) is 3.07. The van der Waals surface area contributed by atoms with Crippen molar-refractivity contribution in [3.05, 3.63) is 34.9 Å². The third-order valence-corrected chi connectivity index (χ3v) is 5.04. The zero-order valence-electron chi connectivity index (χ0n) is 13.2. The number of nitrogens with zero attached hydrogens (tertiary/aromatic N) is 2. The highest BCUT2D eigenvalue weighted by atomic mass is 35.5. The molecular formula is C17H19ClN2O4. The Morgan fingerprint density at radius 2 is 1.67 bits per heavy atom. The average molecular weight is 351 g/mol. The van der Waals surface area contributed by atoms with Crippen LogP contribution in [0.1, 0.15) is 12.0 Å². The van der Waals surface area contributed by atoms with Crippen LogP contribution in [0.25, 0.3) is 0 Å². The Kier molecular flexibility index (Phi) is 4.76. The van der Waals surface area contributed by atoms with Gasteiger partial charge in [-0.05, 0) is 18.1 Å². The number of aliphatic carboxylic acids is 1. The van der Waals surface area contributed by atoms with Gasteiger partial charge in [-0.15, -0.1) is 0 Å². The molecule has 2 fully saturated rings. The van der Waals surface area contributed by atoms with Crippen molar-refractivity contribution in [3.63, 3.8) is 0 Å². The molecule has 1 aliphatic heterocycles. The maximum atomic E-state index is 12.4. The van der Waals surface area contributed by atoms with Crippen molar-refractivity contribution < 1.29 is 19.5 Å². The molecule has 0 spiro atoms. The number of carboxylic acid groups (broad SMARTS) is 1. The Morgan fingerprint density at radius 3 is 2.25 bits per heavy atom. The lowest BCUT2D eigenvalue weighted by Gasteiger charge is -2.35. The lowest BCUT2D eigenvalue weighted by molar-refractivity contribution is -0.143. The van der Waals surface area contributed by atoms with E-state index >= 15 is 0 Å². The average Bonchev–Trinajstić information content (AvgIpc) is 3.37. The van der Waals surface area contributed by atoms with E-state index < -0.39 is 11.9 Å². The summed E-state index contributed by atoms with van der Waals surface area (Å²) in [6.45, 7) is 1.85. The molecule has 128 valence electrons. The highest BCUT2D eigenvalue weighted by Crippen LogP contribution is 2.40. The third-order valence-electron chi connectivity index (χ3n) is 4.67. The number of piperazine rings is 1. The third kappa shape index (κ3) is 3.53. The summed E-state index contributed by atoms with van der Waals surface area (Å²) in [5.74, 6) is -1.92. The van der Waals surface area contributed by atoms with E-state index in [-0.39, 0.29) is 24.2 Å². The van der Waals surface area contributed by atoms with Gasteiger partial charge in [0.05, 0.1) is 18.3 Å². The number of halogens is 1. The van der Waals surface area contributed by atoms with E-state index in [0.29, 0.717) is 37.6 Å². The van der Waals surface area contributed by atoms with Crippen LogP contribution < -0.4 is 0 Å². The standard InChI is InChI=1S/C17H19ClN2O4/c18-14-4-2-1-3-11(14)9-15(21)19-5-7-20(8-6-19)16(22)12-10-13(12)17(23)24/h1-4,12-13H,5-10H2,(H,23,24). The molecule has 1 aromatic rings. The van der Waals surface area contributed by atoms with Crippen LogP contribution in [0.2, 0.25) is 5.02 Å². The van der Waals surface area contributed by atoms with Crippen molar-refractivity contribution in [2.24, 2.45) is 11.8 Å². The predicted molar refractivity (Wildman–Crippen MR) is 87.5 cm³/mol. The van der Waals surface area contributed by atoms with Crippen molar-refractivity contribution in [2.45, 2.75) is 12.8 Å². The van der Waals surface area contributed by atoms with E-state index in [1.165, 1.54) is 0 Å². The monoisotopic (exact) mass is 350 g/mol. The van der Waals surface area contributed by atoms with E-state index in [9.17, 15) is 14.4 Å². The summed E-state index contributed by atoms with van der Waals surface area (Å²) in [7, 11) is 0. The van der Waals surface area contributed by atoms with Gasteiger partial charge in [-0.1, -0.05) is 29.8 Å². The number of carboxylic acids is 1. The van der Waals surface area contributed by atoms with E-state index in [1.54, 1.807) is 15.9 Å². The lowest BCUT2D eigenvalue weighted by atomic mass is 10.1. The van der Waals surface area contributed by atoms with Gasteiger partial charge in [-0.2, -0.15) is 0 Å². The van der Waals surface area contributed by atoms with E-state index in [0.717, 1.165) is 5.56 Å². The second kappa shape index (κ2) is 6.81. The minimum atomic E-state index is -0.901. The molecule has 1 heterocycles. The van der Waals surface area contributed by atoms with Gasteiger partial charge in [0.2, 0.25) is 11.8 Å². The largest absolute Gasteiger partial charge is 0.481 e. The van der Waals surface area contributed by atoms with Crippen molar-refractivity contribution in [3.8, 4) is 0 Å². The van der Waals surface area contributed by atoms with Crippen LogP contribution in [0.3, 0.4) is 0 Å². The molecule has 0 radical (unpaired) electrons. The SMILES string of the molecule is O=C(O)C1CC1C(=O)N1CCN(C(=O)Cc2ccccc2Cl)CC1. The van der Waals surface area contributed by atoms with Crippen LogP contribution in [0.15, 0.2) is 24.3 Å². The van der Waals surface area contributed by atoms with E-state index in [2.05, 4.69) is 0 Å². The molecule has 0 aromatic heterocycles. The topological polar surface area (TPSA) is 77.9 Å². The zero-order chi connectivity index (χ0) is 17.3. The number of hydrogen-bond donors (Lipinski definition) is 1. The van der Waals surface area contributed by atoms with Gasteiger partial charge in [0, 0.05) is 31.2 Å². The van der Waals surface area contributed by atoms with Crippen LogP contribution >= 0.6 is 11.6 Å². The highest BCUT2D eigenvalue weighted by Gasteiger charge is 2.50. The Balaban J connectivity index is 1.50. The number of carbonyl (C=O) groups excluding carboxylic acids is 2. The van der Waals surface area contributed by atoms with Crippen LogP contribution in [-0.2, 0) is 20.8 Å². The highest BCUT2D eigenvalue weighted by molar-refractivity contribution is 6.31. The summed E-state index contributed by atoms with van der Waals surface area (Å²) in [6, 6.07) is 7.26. The minimum Gasteiger partial charge on any atom is -0.481 e. The van der Waals surface area contributed by atoms with Gasteiger partial charge >= 0.3 is 5.97 Å². The first-order chi connectivity index (χ1) is 11.5. The Labute approximate surface area is 145 Å². The molecule has 7 heteroatoms. The fourth-order valence-corrected chi connectivity index (χ4v) is 3.27. The molecular weight excluding hydrogens is 332 g/mol. The fraction of sp³-hybridized carbons (Fsp3) is 0.471. The summed E-state index contributed by atoms with van der Waals surface area (Å²) < 4.78 is 0. The normalized spacial score (nSPS) is 23.0. The van der Waals surface area contributed by atoms with Gasteiger partial charge in [-0.3, -0.25) is 14.4 Å². The van der Waals surface area contributed by atoms with Crippen molar-refractivity contribution in [1.29, 1.82) is 0 Å². The first-order valence-corrected chi connectivity index (χ1v) is 8.38. The number of carbonyl (C=O) groups is 3. The molecule has 2 atom stereocenters. The number of benzene rings is 1. The molecule has 2 amide bonds. The van der Waals surface area contributed by atoms with Crippen molar-refractivity contribution in [2.75, 3.05) is 26.2 Å². The van der Waals surface area contributed by atoms with Crippen LogP contribution in [0.4, 0.5) is 0 Å². The van der Waals surface area contributed by atoms with Crippen LogP contribution in [0.5, 0.6) is 0 Å². The Bertz CT molecular complexity index is 670. The van der Waals surface area contributed by atoms with Crippen LogP contribution in [0, 0.1) is 11.8 Å². The van der Waals surface area contributed by atoms with Gasteiger partial charge in [0.15, 0.2) is 0 Å². The first-order valence-electron chi connectivity index (χ1n) is 8.00. The first kappa shape index (κ1) is 16.8. The minimum absolute atomic E-state index is 0.00923. The van der Waals surface area contributed by atoms with Crippen molar-refractivity contribution in [1.82, 2.24) is 9.80 Å². The summed E-state index contributed by atoms with van der Waals surface area (Å²) in [6.07, 6.45) is 0.678. The molecule has 1 saturated heterocycles. The molecule has 6 nitrogen and oxygen atoms in total. The van der Waals surface area contributed by atoms with Gasteiger partial charge < -0.3 is 14.9 Å². The number of amides is 2. The number of rotatable bonds is 4. The maximum absolute atomic E-state index is 12.4. The zero-order valence-corrected chi connectivity index (χ0v) is 13.9. The molecule has 1 aliphatic carbocycles. The van der Waals surface area contributed by atoms with Gasteiger partial charge in [0.25, 0.3) is 0 Å². The maximum Gasteiger partial charge on any atom is 0.307 e. The van der Waals surface area contributed by atoms with E-state index in [1.807, 2.05) is 18.2 Å². The summed E-state index contributed by atoms with van der Waals surface area (Å²) in [4.78, 5) is 38.9. The number of hydrogen-bond acceptors (Lipinski definition) is 3.